The van der Waals surface area contributed by atoms with Crippen molar-refractivity contribution in [3.05, 3.63) is 0 Å². The van der Waals surface area contributed by atoms with Crippen molar-refractivity contribution in [2.24, 2.45) is 40.4 Å². The maximum absolute atomic E-state index is 11.2. The van der Waals surface area contributed by atoms with Gasteiger partial charge in [-0.2, -0.15) is 8.42 Å². The summed E-state index contributed by atoms with van der Waals surface area (Å²) >= 11 is 0. The Balaban J connectivity index is 1.55. The smallest absolute Gasteiger partial charge is 0.393 e. The van der Waals surface area contributed by atoms with E-state index in [-0.39, 0.29) is 17.4 Å². The van der Waals surface area contributed by atoms with Gasteiger partial charge < -0.3 is 5.11 Å². The quantitative estimate of drug-likeness (QED) is 0.693. The molecule has 4 saturated carbocycles. The molecule has 4 aliphatic rings. The van der Waals surface area contributed by atoms with Crippen LogP contribution in [0.5, 0.6) is 0 Å². The zero-order valence-electron chi connectivity index (χ0n) is 16.9. The predicted molar refractivity (Wildman–Crippen MR) is 103 cm³/mol. The highest BCUT2D eigenvalue weighted by Crippen LogP contribution is 2.67. The van der Waals surface area contributed by atoms with Gasteiger partial charge >= 0.3 is 10.4 Å². The highest BCUT2D eigenvalue weighted by Gasteiger charge is 2.61. The fourth-order valence-electron chi connectivity index (χ4n) is 8.31. The lowest BCUT2D eigenvalue weighted by atomic mass is 9.44. The molecule has 2 N–H and O–H groups in total. The Labute approximate surface area is 164 Å². The summed E-state index contributed by atoms with van der Waals surface area (Å²) in [7, 11) is -4.40. The molecule has 6 heteroatoms. The van der Waals surface area contributed by atoms with Gasteiger partial charge in [-0.05, 0) is 105 Å². The summed E-state index contributed by atoms with van der Waals surface area (Å²) in [5.74, 6) is 2.91. The summed E-state index contributed by atoms with van der Waals surface area (Å²) in [6.45, 7) is 6.63. The Bertz CT molecular complexity index is 678. The van der Waals surface area contributed by atoms with Gasteiger partial charge in [-0.25, -0.2) is 4.18 Å². The predicted octanol–water partition coefficient (Wildman–Crippen LogP) is 4.21. The summed E-state index contributed by atoms with van der Waals surface area (Å²) in [4.78, 5) is 0. The third kappa shape index (κ3) is 3.28. The highest BCUT2D eigenvalue weighted by atomic mass is 32.3. The lowest BCUT2D eigenvalue weighted by molar-refractivity contribution is -0.131. The van der Waals surface area contributed by atoms with Crippen molar-refractivity contribution in [1.82, 2.24) is 0 Å². The van der Waals surface area contributed by atoms with Crippen LogP contribution in [0.1, 0.15) is 78.6 Å². The first kappa shape index (κ1) is 20.1. The molecular weight excluding hydrogens is 364 g/mol. The number of aliphatic hydroxyl groups excluding tert-OH is 1. The van der Waals surface area contributed by atoms with Gasteiger partial charge in [-0.15, -0.1) is 0 Å². The van der Waals surface area contributed by atoms with E-state index in [2.05, 4.69) is 13.8 Å². The number of fused-ring (bicyclic) bond motifs is 5. The van der Waals surface area contributed by atoms with Crippen molar-refractivity contribution < 1.29 is 22.3 Å². The normalized spacial score (nSPS) is 51.1. The minimum absolute atomic E-state index is 0.0999. The van der Waals surface area contributed by atoms with Gasteiger partial charge in [0.05, 0.1) is 12.2 Å². The fourth-order valence-corrected chi connectivity index (χ4v) is 8.82. The highest BCUT2D eigenvalue weighted by molar-refractivity contribution is 7.80. The molecule has 0 bridgehead atoms. The van der Waals surface area contributed by atoms with Gasteiger partial charge in [0, 0.05) is 0 Å². The number of rotatable bonds is 3. The second kappa shape index (κ2) is 6.68. The topological polar surface area (TPSA) is 83.8 Å². The molecule has 9 atom stereocenters. The largest absolute Gasteiger partial charge is 0.397 e. The Hall–Kier alpha value is -0.170. The molecule has 0 radical (unpaired) electrons. The first-order valence-electron chi connectivity index (χ1n) is 10.9. The Kier molecular flexibility index (Phi) is 4.98. The van der Waals surface area contributed by atoms with E-state index in [9.17, 15) is 13.5 Å². The monoisotopic (exact) mass is 400 g/mol. The molecular formula is C21H36O5S. The first-order chi connectivity index (χ1) is 12.5. The summed E-state index contributed by atoms with van der Waals surface area (Å²) in [5.41, 5.74) is 0.459. The molecule has 27 heavy (non-hydrogen) atoms. The minimum Gasteiger partial charge on any atom is -0.393 e. The summed E-state index contributed by atoms with van der Waals surface area (Å²) in [6.07, 6.45) is 9.42. The SMILES string of the molecule is CC(OS(=O)(=O)O)[C@H]1CC[C@H]2[C@@H]3CC[C@H]4CC(O)CC[C@]4(C)[C@H]3CC[C@]12C. The lowest BCUT2D eigenvalue weighted by Crippen LogP contribution is -2.54. The van der Waals surface area contributed by atoms with Crippen LogP contribution in [-0.4, -0.2) is 30.3 Å². The van der Waals surface area contributed by atoms with E-state index < -0.39 is 16.5 Å². The van der Waals surface area contributed by atoms with Gasteiger partial charge in [0.2, 0.25) is 0 Å². The standard InChI is InChI=1S/C21H36O5S/c1-13(26-27(23,24)25)17-6-7-18-16-5-4-14-12-15(22)8-10-20(14,2)19(16)9-11-21(17,18)3/h13-19,22H,4-12H2,1-3H3,(H,23,24,25)/t13?,14-,15?,16-,17+,18-,19-,20-,21+/m0/s1. The van der Waals surface area contributed by atoms with Crippen LogP contribution in [0.3, 0.4) is 0 Å². The van der Waals surface area contributed by atoms with E-state index in [1.807, 2.05) is 0 Å². The van der Waals surface area contributed by atoms with Crippen molar-refractivity contribution in [2.45, 2.75) is 90.8 Å². The van der Waals surface area contributed by atoms with Gasteiger partial charge in [0.1, 0.15) is 0 Å². The van der Waals surface area contributed by atoms with E-state index in [1.54, 1.807) is 6.92 Å². The molecule has 0 aromatic rings. The summed E-state index contributed by atoms with van der Waals surface area (Å²) in [5, 5.41) is 10.2. The van der Waals surface area contributed by atoms with Crippen LogP contribution in [0.4, 0.5) is 0 Å². The fraction of sp³-hybridized carbons (Fsp3) is 1.00. The zero-order valence-corrected chi connectivity index (χ0v) is 17.7. The molecule has 0 aromatic carbocycles. The maximum Gasteiger partial charge on any atom is 0.397 e. The van der Waals surface area contributed by atoms with Crippen LogP contribution in [0.25, 0.3) is 0 Å². The molecule has 0 amide bonds. The molecule has 156 valence electrons. The van der Waals surface area contributed by atoms with Gasteiger partial charge in [-0.1, -0.05) is 13.8 Å². The van der Waals surface area contributed by atoms with Crippen LogP contribution in [-0.2, 0) is 14.6 Å². The molecule has 4 fully saturated rings. The number of hydrogen-bond donors (Lipinski definition) is 2. The van der Waals surface area contributed by atoms with E-state index in [1.165, 1.54) is 19.3 Å². The van der Waals surface area contributed by atoms with Crippen molar-refractivity contribution >= 4 is 10.4 Å². The molecule has 0 heterocycles. The van der Waals surface area contributed by atoms with Crippen LogP contribution in [0.2, 0.25) is 0 Å². The molecule has 0 spiro atoms. The van der Waals surface area contributed by atoms with Gasteiger partial charge in [-0.3, -0.25) is 4.55 Å². The summed E-state index contributed by atoms with van der Waals surface area (Å²) < 4.78 is 36.6. The molecule has 0 saturated heterocycles. The number of hydrogen-bond acceptors (Lipinski definition) is 4. The lowest BCUT2D eigenvalue weighted by Gasteiger charge is -2.61. The van der Waals surface area contributed by atoms with Crippen LogP contribution in [0.15, 0.2) is 0 Å². The maximum atomic E-state index is 11.2. The molecule has 4 aliphatic carbocycles. The Morgan fingerprint density at radius 3 is 2.33 bits per heavy atom. The van der Waals surface area contributed by atoms with Crippen molar-refractivity contribution in [3.63, 3.8) is 0 Å². The second-order valence-electron chi connectivity index (χ2n) is 10.5. The molecule has 5 nitrogen and oxygen atoms in total. The van der Waals surface area contributed by atoms with E-state index in [0.29, 0.717) is 23.2 Å². The average molecular weight is 401 g/mol. The number of aliphatic hydroxyl groups is 1. The zero-order chi connectivity index (χ0) is 19.6. The third-order valence-electron chi connectivity index (χ3n) is 9.55. The van der Waals surface area contributed by atoms with E-state index in [0.717, 1.165) is 44.4 Å². The van der Waals surface area contributed by atoms with Gasteiger partial charge in [0.25, 0.3) is 0 Å². The van der Waals surface area contributed by atoms with E-state index in [4.69, 9.17) is 8.74 Å². The van der Waals surface area contributed by atoms with Crippen LogP contribution in [0, 0.1) is 40.4 Å². The second-order valence-corrected chi connectivity index (χ2v) is 11.6. The molecule has 2 unspecified atom stereocenters. The first-order valence-corrected chi connectivity index (χ1v) is 12.2. The van der Waals surface area contributed by atoms with Crippen molar-refractivity contribution in [1.29, 1.82) is 0 Å². The average Bonchev–Trinajstić information content (AvgIpc) is 2.91. The van der Waals surface area contributed by atoms with Crippen molar-refractivity contribution in [2.75, 3.05) is 0 Å². The van der Waals surface area contributed by atoms with E-state index >= 15 is 0 Å². The molecule has 0 aromatic heterocycles. The molecule has 0 aliphatic heterocycles. The van der Waals surface area contributed by atoms with Crippen LogP contribution < -0.4 is 0 Å². The van der Waals surface area contributed by atoms with Crippen molar-refractivity contribution in [3.8, 4) is 0 Å². The third-order valence-corrected chi connectivity index (χ3v) is 10.1. The Morgan fingerprint density at radius 1 is 0.963 bits per heavy atom. The van der Waals surface area contributed by atoms with Crippen LogP contribution >= 0.6 is 0 Å². The Morgan fingerprint density at radius 2 is 1.63 bits per heavy atom. The summed E-state index contributed by atoms with van der Waals surface area (Å²) in [6, 6.07) is 0. The van der Waals surface area contributed by atoms with Gasteiger partial charge in [0.15, 0.2) is 0 Å². The minimum atomic E-state index is -4.40. The molecule has 4 rings (SSSR count).